The number of nitrogens with zero attached hydrogens (tertiary/aromatic N) is 3. The van der Waals surface area contributed by atoms with Crippen molar-refractivity contribution in [1.29, 1.82) is 5.26 Å². The lowest BCUT2D eigenvalue weighted by atomic mass is 9.98. The van der Waals surface area contributed by atoms with Gasteiger partial charge in [0.2, 0.25) is 5.91 Å². The number of amides is 1. The van der Waals surface area contributed by atoms with Gasteiger partial charge >= 0.3 is 0 Å². The minimum absolute atomic E-state index is 0.0851. The predicted molar refractivity (Wildman–Crippen MR) is 103 cm³/mol. The van der Waals surface area contributed by atoms with E-state index >= 15 is 0 Å². The number of para-hydroxylation sites is 1. The number of methoxy groups -OCH3 is 1. The number of hydrogen-bond donors (Lipinski definition) is 1. The van der Waals surface area contributed by atoms with Crippen LogP contribution in [0.25, 0.3) is 10.9 Å². The predicted octanol–water partition coefficient (Wildman–Crippen LogP) is 1.94. The van der Waals surface area contributed by atoms with Crippen LogP contribution in [-0.4, -0.2) is 40.5 Å². The zero-order valence-electron chi connectivity index (χ0n) is 15.4. The topological polar surface area (TPSA) is 97.0 Å². The summed E-state index contributed by atoms with van der Waals surface area (Å²) in [5, 5.41) is 13.2. The molecule has 1 saturated carbocycles. The van der Waals surface area contributed by atoms with Crippen LogP contribution in [0.3, 0.4) is 0 Å². The normalized spacial score (nSPS) is 15.9. The molecule has 1 N–H and O–H groups in total. The molecule has 3 rings (SSSR count). The highest BCUT2D eigenvalue weighted by atomic mass is 32.2. The number of aromatic nitrogens is 2. The molecule has 1 fully saturated rings. The molecular formula is C19H22N4O3S. The van der Waals surface area contributed by atoms with Gasteiger partial charge in [-0.2, -0.15) is 5.26 Å². The van der Waals surface area contributed by atoms with E-state index in [1.54, 1.807) is 32.2 Å². The fraction of sp³-hybridized carbons (Fsp3) is 0.474. The van der Waals surface area contributed by atoms with Gasteiger partial charge in [0, 0.05) is 7.11 Å². The van der Waals surface area contributed by atoms with E-state index in [1.165, 1.54) is 16.3 Å². The Bertz CT molecular complexity index is 948. The molecule has 0 unspecified atom stereocenters. The molecule has 1 aliphatic rings. The number of carbonyl (C=O) groups is 1. The monoisotopic (exact) mass is 386 g/mol. The summed E-state index contributed by atoms with van der Waals surface area (Å²) >= 11 is 1.19. The zero-order valence-corrected chi connectivity index (χ0v) is 16.2. The number of fused-ring (bicyclic) bond motifs is 1. The summed E-state index contributed by atoms with van der Waals surface area (Å²) in [6, 6.07) is 9.35. The van der Waals surface area contributed by atoms with E-state index in [1.807, 2.05) is 6.07 Å². The largest absolute Gasteiger partial charge is 0.383 e. The highest BCUT2D eigenvalue weighted by Crippen LogP contribution is 2.39. The Morgan fingerprint density at radius 1 is 1.48 bits per heavy atom. The van der Waals surface area contributed by atoms with Crippen LogP contribution in [0.2, 0.25) is 0 Å². The lowest BCUT2D eigenvalue weighted by Crippen LogP contribution is -2.47. The maximum absolute atomic E-state index is 12.8. The fourth-order valence-electron chi connectivity index (χ4n) is 2.98. The number of ether oxygens (including phenoxy) is 1. The Morgan fingerprint density at radius 3 is 2.89 bits per heavy atom. The van der Waals surface area contributed by atoms with Gasteiger partial charge in [0.25, 0.3) is 5.56 Å². The summed E-state index contributed by atoms with van der Waals surface area (Å²) in [7, 11) is 1.57. The molecule has 1 atom stereocenters. The minimum Gasteiger partial charge on any atom is -0.383 e. The van der Waals surface area contributed by atoms with Crippen molar-refractivity contribution in [3.05, 3.63) is 34.6 Å². The van der Waals surface area contributed by atoms with E-state index in [2.05, 4.69) is 16.4 Å². The van der Waals surface area contributed by atoms with Gasteiger partial charge in [0.1, 0.15) is 5.54 Å². The Morgan fingerprint density at radius 2 is 2.22 bits per heavy atom. The first-order valence-electron chi connectivity index (χ1n) is 8.82. The molecule has 1 aliphatic carbocycles. The van der Waals surface area contributed by atoms with Gasteiger partial charge in [0.05, 0.1) is 35.9 Å². The molecule has 1 aromatic heterocycles. The molecule has 27 heavy (non-hydrogen) atoms. The molecule has 0 bridgehead atoms. The van der Waals surface area contributed by atoms with Crippen molar-refractivity contribution >= 4 is 28.6 Å². The van der Waals surface area contributed by atoms with Crippen molar-refractivity contribution in [1.82, 2.24) is 14.9 Å². The van der Waals surface area contributed by atoms with Crippen molar-refractivity contribution < 1.29 is 9.53 Å². The quantitative estimate of drug-likeness (QED) is 0.550. The first-order valence-corrected chi connectivity index (χ1v) is 9.80. The third-order valence-corrected chi connectivity index (χ3v) is 5.68. The molecular weight excluding hydrogens is 364 g/mol. The summed E-state index contributed by atoms with van der Waals surface area (Å²) in [5.41, 5.74) is -0.385. The van der Waals surface area contributed by atoms with Gasteiger partial charge in [-0.05, 0) is 37.8 Å². The van der Waals surface area contributed by atoms with Crippen molar-refractivity contribution in [2.24, 2.45) is 5.92 Å². The van der Waals surface area contributed by atoms with Gasteiger partial charge in [-0.15, -0.1) is 0 Å². The number of benzene rings is 1. The molecule has 1 aromatic carbocycles. The van der Waals surface area contributed by atoms with E-state index in [0.29, 0.717) is 29.2 Å². The van der Waals surface area contributed by atoms with Gasteiger partial charge in [-0.1, -0.05) is 23.9 Å². The first kappa shape index (κ1) is 19.4. The third kappa shape index (κ3) is 4.31. The van der Waals surface area contributed by atoms with Crippen molar-refractivity contribution in [3.63, 3.8) is 0 Å². The van der Waals surface area contributed by atoms with E-state index in [-0.39, 0.29) is 23.1 Å². The second kappa shape index (κ2) is 8.11. The van der Waals surface area contributed by atoms with Gasteiger partial charge in [-0.3, -0.25) is 14.2 Å². The van der Waals surface area contributed by atoms with Crippen molar-refractivity contribution in [2.75, 3.05) is 19.5 Å². The van der Waals surface area contributed by atoms with E-state index < -0.39 is 5.54 Å². The van der Waals surface area contributed by atoms with Crippen LogP contribution in [-0.2, 0) is 16.1 Å². The molecule has 0 spiro atoms. The minimum atomic E-state index is -0.829. The molecule has 0 saturated heterocycles. The van der Waals surface area contributed by atoms with Crippen LogP contribution in [0.15, 0.2) is 34.2 Å². The standard InChI is InChI=1S/C19H22N4O3S/c1-19(12-20,13-7-8-13)22-16(24)11-27-18-21-15-6-4-3-5-14(15)17(25)23(18)9-10-26-2/h3-6,13H,7-11H2,1-2H3,(H,22,24)/t19-/m1/s1. The Hall–Kier alpha value is -2.37. The molecule has 0 radical (unpaired) electrons. The number of rotatable bonds is 8. The highest BCUT2D eigenvalue weighted by Gasteiger charge is 2.42. The smallest absolute Gasteiger partial charge is 0.262 e. The summed E-state index contributed by atoms with van der Waals surface area (Å²) in [6.07, 6.45) is 1.92. The lowest BCUT2D eigenvalue weighted by molar-refractivity contribution is -0.119. The van der Waals surface area contributed by atoms with Crippen LogP contribution in [0.5, 0.6) is 0 Å². The maximum Gasteiger partial charge on any atom is 0.262 e. The van der Waals surface area contributed by atoms with Gasteiger partial charge in [-0.25, -0.2) is 4.98 Å². The van der Waals surface area contributed by atoms with Gasteiger partial charge < -0.3 is 10.1 Å². The van der Waals surface area contributed by atoms with Crippen LogP contribution < -0.4 is 10.9 Å². The molecule has 142 valence electrons. The summed E-state index contributed by atoms with van der Waals surface area (Å²) < 4.78 is 6.63. The zero-order chi connectivity index (χ0) is 19.4. The molecule has 8 heteroatoms. The van der Waals surface area contributed by atoms with Gasteiger partial charge in [0.15, 0.2) is 5.16 Å². The Labute approximate surface area is 161 Å². The van der Waals surface area contributed by atoms with E-state index in [4.69, 9.17) is 4.74 Å². The van der Waals surface area contributed by atoms with Crippen LogP contribution in [0.4, 0.5) is 0 Å². The van der Waals surface area contributed by atoms with E-state index in [9.17, 15) is 14.9 Å². The van der Waals surface area contributed by atoms with Crippen LogP contribution in [0, 0.1) is 17.2 Å². The fourth-order valence-corrected chi connectivity index (χ4v) is 3.80. The number of hydrogen-bond acceptors (Lipinski definition) is 6. The van der Waals surface area contributed by atoms with Crippen LogP contribution >= 0.6 is 11.8 Å². The maximum atomic E-state index is 12.8. The number of nitriles is 1. The van der Waals surface area contributed by atoms with E-state index in [0.717, 1.165) is 12.8 Å². The van der Waals surface area contributed by atoms with Crippen molar-refractivity contribution in [2.45, 2.75) is 37.0 Å². The lowest BCUT2D eigenvalue weighted by Gasteiger charge is -2.22. The van der Waals surface area contributed by atoms with Crippen LogP contribution in [0.1, 0.15) is 19.8 Å². The first-order chi connectivity index (χ1) is 13.0. The summed E-state index contributed by atoms with van der Waals surface area (Å²) in [5.74, 6) is 0.0636. The Kier molecular flexibility index (Phi) is 5.82. The molecule has 1 amide bonds. The molecule has 7 nitrogen and oxygen atoms in total. The molecule has 1 heterocycles. The SMILES string of the molecule is COCCn1c(SCC(=O)N[C@](C)(C#N)C2CC2)nc2ccccc2c1=O. The molecule has 0 aliphatic heterocycles. The average Bonchev–Trinajstić information content (AvgIpc) is 3.51. The van der Waals surface area contributed by atoms with Crippen molar-refractivity contribution in [3.8, 4) is 6.07 Å². The number of thioether (sulfide) groups is 1. The summed E-state index contributed by atoms with van der Waals surface area (Å²) in [4.78, 5) is 29.7. The second-order valence-electron chi connectivity index (χ2n) is 6.79. The second-order valence-corrected chi connectivity index (χ2v) is 7.73. The average molecular weight is 386 g/mol. The highest BCUT2D eigenvalue weighted by molar-refractivity contribution is 7.99. The summed E-state index contributed by atoms with van der Waals surface area (Å²) in [6.45, 7) is 2.49. The third-order valence-electron chi connectivity index (χ3n) is 4.70. The number of carbonyl (C=O) groups excluding carboxylic acids is 1. The Balaban J connectivity index is 1.80. The number of nitrogens with one attached hydrogen (secondary N) is 1. The molecule has 2 aromatic rings.